The Morgan fingerprint density at radius 3 is 2.88 bits per heavy atom. The first kappa shape index (κ1) is 12.3. The topological polar surface area (TPSA) is 55.8 Å². The lowest BCUT2D eigenvalue weighted by atomic mass is 10.1. The Hall–Kier alpha value is -1.11. The summed E-state index contributed by atoms with van der Waals surface area (Å²) in [6.45, 7) is 2.11. The third-order valence-corrected chi connectivity index (χ3v) is 3.88. The minimum atomic E-state index is -3.38. The van der Waals surface area contributed by atoms with Gasteiger partial charge in [-0.15, -0.1) is 0 Å². The molecule has 2 rings (SSSR count). The van der Waals surface area contributed by atoms with Crippen LogP contribution >= 0.6 is 0 Å². The minimum absolute atomic E-state index is 0.193. The Bertz CT molecular complexity index is 561. The molecule has 4 nitrogen and oxygen atoms in total. The van der Waals surface area contributed by atoms with Crippen LogP contribution in [0.2, 0.25) is 0 Å². The van der Waals surface area contributed by atoms with Crippen molar-refractivity contribution in [3.8, 4) is 0 Å². The highest BCUT2D eigenvalue weighted by Crippen LogP contribution is 2.22. The number of allylic oxidation sites excluding steroid dienone is 1. The summed E-state index contributed by atoms with van der Waals surface area (Å²) in [5, 5.41) is 0. The lowest BCUT2D eigenvalue weighted by Crippen LogP contribution is -2.04. The van der Waals surface area contributed by atoms with Crippen molar-refractivity contribution in [2.45, 2.75) is 18.2 Å². The number of rotatable bonds is 3. The normalized spacial score (nSPS) is 17.9. The standard InChI is InChI=1S/C11H12O4S2/c1-8-2-3-11(17(12,13)16)9(4-8)5-10-6-14-7-15-10/h2-4,6H,5,7H2,1H3,(H,12,13,16). The number of aryl methyl sites for hydroxylation is 1. The van der Waals surface area contributed by atoms with Gasteiger partial charge in [-0.3, -0.25) is 0 Å². The molecule has 1 N–H and O–H groups in total. The summed E-state index contributed by atoms with van der Waals surface area (Å²) in [5.74, 6) is 0.635. The molecule has 1 atom stereocenters. The second-order valence-electron chi connectivity index (χ2n) is 3.78. The Morgan fingerprint density at radius 2 is 2.29 bits per heavy atom. The summed E-state index contributed by atoms with van der Waals surface area (Å²) >= 11 is 4.61. The van der Waals surface area contributed by atoms with Gasteiger partial charge in [0.05, 0.1) is 4.90 Å². The molecule has 92 valence electrons. The van der Waals surface area contributed by atoms with E-state index in [1.807, 2.05) is 13.0 Å². The van der Waals surface area contributed by atoms with Gasteiger partial charge >= 0.3 is 0 Å². The molecule has 1 aromatic carbocycles. The highest BCUT2D eigenvalue weighted by Gasteiger charge is 2.15. The van der Waals surface area contributed by atoms with Gasteiger partial charge in [0.25, 0.3) is 0 Å². The quantitative estimate of drug-likeness (QED) is 0.911. The third kappa shape index (κ3) is 2.96. The summed E-state index contributed by atoms with van der Waals surface area (Å²) < 4.78 is 31.2. The second-order valence-corrected chi connectivity index (χ2v) is 6.52. The molecule has 0 fully saturated rings. The zero-order valence-electron chi connectivity index (χ0n) is 9.21. The average Bonchev–Trinajstić information content (AvgIpc) is 2.68. The predicted octanol–water partition coefficient (Wildman–Crippen LogP) is 1.96. The van der Waals surface area contributed by atoms with Crippen LogP contribution in [0.3, 0.4) is 0 Å². The molecule has 0 radical (unpaired) electrons. The maximum Gasteiger partial charge on any atom is 0.229 e. The molecule has 0 saturated carbocycles. The SMILES string of the molecule is Cc1ccc(S(=O)(O)=S)c(CC2=COCO2)c1. The highest BCUT2D eigenvalue weighted by molar-refractivity contribution is 8.29. The maximum absolute atomic E-state index is 11.6. The lowest BCUT2D eigenvalue weighted by Gasteiger charge is -2.09. The third-order valence-electron chi connectivity index (χ3n) is 2.39. The van der Waals surface area contributed by atoms with Crippen molar-refractivity contribution < 1.29 is 18.2 Å². The van der Waals surface area contributed by atoms with E-state index in [1.54, 1.807) is 12.1 Å². The smallest absolute Gasteiger partial charge is 0.229 e. The van der Waals surface area contributed by atoms with Crippen molar-refractivity contribution >= 4 is 20.0 Å². The Balaban J connectivity index is 2.40. The molecule has 0 amide bonds. The van der Waals surface area contributed by atoms with E-state index in [4.69, 9.17) is 9.47 Å². The molecule has 6 heteroatoms. The molecule has 0 bridgehead atoms. The van der Waals surface area contributed by atoms with E-state index in [1.165, 1.54) is 6.26 Å². The molecule has 1 aliphatic rings. The molecular weight excluding hydrogens is 260 g/mol. The molecule has 1 aromatic rings. The van der Waals surface area contributed by atoms with E-state index < -0.39 is 8.77 Å². The van der Waals surface area contributed by atoms with Crippen LogP contribution in [0, 0.1) is 6.92 Å². The van der Waals surface area contributed by atoms with Gasteiger partial charge in [-0.1, -0.05) is 17.7 Å². The van der Waals surface area contributed by atoms with Gasteiger partial charge in [0.2, 0.25) is 6.79 Å². The van der Waals surface area contributed by atoms with Crippen molar-refractivity contribution in [3.05, 3.63) is 41.3 Å². The Morgan fingerprint density at radius 1 is 1.53 bits per heavy atom. The van der Waals surface area contributed by atoms with Gasteiger partial charge in [-0.2, -0.15) is 0 Å². The van der Waals surface area contributed by atoms with Crippen LogP contribution in [0.5, 0.6) is 0 Å². The van der Waals surface area contributed by atoms with Crippen LogP contribution in [0.15, 0.2) is 35.1 Å². The molecule has 0 aromatic heterocycles. The number of ether oxygens (including phenoxy) is 2. The first-order valence-corrected chi connectivity index (χ1v) is 7.41. The molecule has 0 aliphatic carbocycles. The van der Waals surface area contributed by atoms with Crippen molar-refractivity contribution in [2.75, 3.05) is 6.79 Å². The van der Waals surface area contributed by atoms with E-state index >= 15 is 0 Å². The number of hydrogen-bond donors (Lipinski definition) is 1. The maximum atomic E-state index is 11.6. The van der Waals surface area contributed by atoms with Crippen molar-refractivity contribution in [2.24, 2.45) is 0 Å². The second kappa shape index (κ2) is 4.64. The molecular formula is C11H12O4S2. The van der Waals surface area contributed by atoms with Crippen LogP contribution in [0.1, 0.15) is 11.1 Å². The van der Waals surface area contributed by atoms with Gasteiger partial charge in [0, 0.05) is 17.6 Å². The van der Waals surface area contributed by atoms with Crippen LogP contribution in [0.25, 0.3) is 0 Å². The molecule has 0 saturated heterocycles. The van der Waals surface area contributed by atoms with E-state index in [-0.39, 0.29) is 11.7 Å². The van der Waals surface area contributed by atoms with Gasteiger partial charge < -0.3 is 14.0 Å². The van der Waals surface area contributed by atoms with Gasteiger partial charge in [0.15, 0.2) is 8.77 Å². The fourth-order valence-electron chi connectivity index (χ4n) is 1.65. The van der Waals surface area contributed by atoms with Crippen molar-refractivity contribution in [1.82, 2.24) is 0 Å². The summed E-state index contributed by atoms with van der Waals surface area (Å²) in [6.07, 6.45) is 1.92. The van der Waals surface area contributed by atoms with E-state index in [9.17, 15) is 8.76 Å². The van der Waals surface area contributed by atoms with Crippen LogP contribution in [-0.2, 0) is 35.9 Å². The summed E-state index contributed by atoms with van der Waals surface area (Å²) in [7, 11) is -3.38. The molecule has 17 heavy (non-hydrogen) atoms. The Kier molecular flexibility index (Phi) is 3.37. The largest absolute Gasteiger partial charge is 0.462 e. The van der Waals surface area contributed by atoms with Crippen LogP contribution < -0.4 is 0 Å². The fraction of sp³-hybridized carbons (Fsp3) is 0.273. The minimum Gasteiger partial charge on any atom is -0.462 e. The molecule has 1 aliphatic heterocycles. The van der Waals surface area contributed by atoms with E-state index in [2.05, 4.69) is 11.2 Å². The molecule has 1 heterocycles. The predicted molar refractivity (Wildman–Crippen MR) is 66.4 cm³/mol. The monoisotopic (exact) mass is 272 g/mol. The molecule has 0 spiro atoms. The van der Waals surface area contributed by atoms with E-state index in [0.717, 1.165) is 5.56 Å². The lowest BCUT2D eigenvalue weighted by molar-refractivity contribution is 0.0790. The van der Waals surface area contributed by atoms with Gasteiger partial charge in [0.1, 0.15) is 12.0 Å². The van der Waals surface area contributed by atoms with Crippen LogP contribution in [-0.4, -0.2) is 15.6 Å². The number of hydrogen-bond acceptors (Lipinski definition) is 4. The fourth-order valence-corrected chi connectivity index (χ4v) is 2.84. The first-order chi connectivity index (χ1) is 7.97. The van der Waals surface area contributed by atoms with Crippen LogP contribution in [0.4, 0.5) is 0 Å². The van der Waals surface area contributed by atoms with Crippen molar-refractivity contribution in [3.63, 3.8) is 0 Å². The first-order valence-electron chi connectivity index (χ1n) is 4.97. The van der Waals surface area contributed by atoms with Crippen molar-refractivity contribution in [1.29, 1.82) is 0 Å². The summed E-state index contributed by atoms with van der Waals surface area (Å²) in [6, 6.07) is 5.19. The molecule has 1 unspecified atom stereocenters. The summed E-state index contributed by atoms with van der Waals surface area (Å²) in [4.78, 5) is 0.273. The highest BCUT2D eigenvalue weighted by atomic mass is 32.8. The average molecular weight is 272 g/mol. The van der Waals surface area contributed by atoms with E-state index in [0.29, 0.717) is 17.7 Å². The zero-order valence-corrected chi connectivity index (χ0v) is 10.8. The summed E-state index contributed by atoms with van der Waals surface area (Å²) in [5.41, 5.74) is 1.70. The number of benzene rings is 1. The van der Waals surface area contributed by atoms with Gasteiger partial charge in [-0.05, 0) is 18.6 Å². The van der Waals surface area contributed by atoms with Gasteiger partial charge in [-0.25, -0.2) is 4.21 Å². The zero-order chi connectivity index (χ0) is 12.5. The Labute approximate surface area is 105 Å².